The molecule has 2 aromatic rings. The molecule has 1 aliphatic carbocycles. The van der Waals surface area contributed by atoms with Gasteiger partial charge in [-0.3, -0.25) is 4.79 Å². The molecule has 0 radical (unpaired) electrons. The fourth-order valence-corrected chi connectivity index (χ4v) is 1.71. The molecule has 0 spiro atoms. The first-order chi connectivity index (χ1) is 9.20. The van der Waals surface area contributed by atoms with Crippen LogP contribution < -0.4 is 5.32 Å². The van der Waals surface area contributed by atoms with Gasteiger partial charge in [-0.15, -0.1) is 10.2 Å². The number of hydrogen-bond donors (Lipinski definition) is 1. The number of rotatable bonds is 4. The maximum Gasteiger partial charge on any atom is 0.247 e. The number of halogens is 1. The molecule has 1 aromatic heterocycles. The van der Waals surface area contributed by atoms with E-state index in [-0.39, 0.29) is 29.9 Å². The highest BCUT2D eigenvalue weighted by Crippen LogP contribution is 2.20. The quantitative estimate of drug-likeness (QED) is 0.909. The zero-order valence-corrected chi connectivity index (χ0v) is 10.1. The summed E-state index contributed by atoms with van der Waals surface area (Å²) in [6, 6.07) is 6.18. The van der Waals surface area contributed by atoms with Crippen LogP contribution >= 0.6 is 0 Å². The number of carbonyl (C=O) groups excluding carboxylic acids is 1. The highest BCUT2D eigenvalue weighted by molar-refractivity contribution is 5.78. The van der Waals surface area contributed by atoms with E-state index in [0.29, 0.717) is 11.6 Å². The Morgan fingerprint density at radius 3 is 3.00 bits per heavy atom. The van der Waals surface area contributed by atoms with Gasteiger partial charge in [0.2, 0.25) is 17.7 Å². The van der Waals surface area contributed by atoms with Crippen molar-refractivity contribution in [2.45, 2.75) is 25.3 Å². The monoisotopic (exact) mass is 261 g/mol. The number of carbonyl (C=O) groups is 1. The molecule has 0 bridgehead atoms. The first-order valence-corrected chi connectivity index (χ1v) is 6.08. The third kappa shape index (κ3) is 2.96. The van der Waals surface area contributed by atoms with Gasteiger partial charge in [0.1, 0.15) is 12.2 Å². The van der Waals surface area contributed by atoms with E-state index in [1.807, 2.05) is 0 Å². The number of aromatic nitrogens is 2. The highest BCUT2D eigenvalue weighted by atomic mass is 19.1. The van der Waals surface area contributed by atoms with Crippen LogP contribution in [0, 0.1) is 5.82 Å². The summed E-state index contributed by atoms with van der Waals surface area (Å²) in [5.41, 5.74) is 0.501. The molecule has 1 aromatic carbocycles. The van der Waals surface area contributed by atoms with Gasteiger partial charge >= 0.3 is 0 Å². The smallest absolute Gasteiger partial charge is 0.247 e. The average molecular weight is 261 g/mol. The standard InChI is InChI=1S/C13H12FN3O2/c14-9-3-1-2-8(6-9)13-17-16-12(19-13)7-11(18)15-10-4-5-10/h1-3,6,10H,4-5,7H2,(H,15,18). The predicted octanol–water partition coefficient (Wildman–Crippen LogP) is 1.70. The van der Waals surface area contributed by atoms with E-state index in [2.05, 4.69) is 15.5 Å². The molecule has 19 heavy (non-hydrogen) atoms. The fourth-order valence-electron chi connectivity index (χ4n) is 1.71. The third-order valence-corrected chi connectivity index (χ3v) is 2.79. The van der Waals surface area contributed by atoms with E-state index in [1.54, 1.807) is 12.1 Å². The zero-order valence-electron chi connectivity index (χ0n) is 10.1. The van der Waals surface area contributed by atoms with E-state index in [4.69, 9.17) is 4.42 Å². The average Bonchev–Trinajstić information content (AvgIpc) is 3.05. The summed E-state index contributed by atoms with van der Waals surface area (Å²) in [6.45, 7) is 0. The van der Waals surface area contributed by atoms with E-state index < -0.39 is 0 Å². The molecule has 0 unspecified atom stereocenters. The normalized spacial score (nSPS) is 14.4. The fraction of sp³-hybridized carbons (Fsp3) is 0.308. The van der Waals surface area contributed by atoms with Gasteiger partial charge in [0.25, 0.3) is 0 Å². The molecule has 0 atom stereocenters. The lowest BCUT2D eigenvalue weighted by Gasteiger charge is -1.98. The van der Waals surface area contributed by atoms with Crippen LogP contribution in [-0.4, -0.2) is 22.1 Å². The lowest BCUT2D eigenvalue weighted by Crippen LogP contribution is -2.27. The minimum Gasteiger partial charge on any atom is -0.420 e. The van der Waals surface area contributed by atoms with Crippen molar-refractivity contribution in [2.75, 3.05) is 0 Å². The molecule has 1 saturated carbocycles. The molecular formula is C13H12FN3O2. The van der Waals surface area contributed by atoms with Crippen LogP contribution in [0.5, 0.6) is 0 Å². The molecule has 0 aliphatic heterocycles. The highest BCUT2D eigenvalue weighted by Gasteiger charge is 2.24. The molecule has 3 rings (SSSR count). The number of amides is 1. The number of benzene rings is 1. The Morgan fingerprint density at radius 1 is 1.42 bits per heavy atom. The largest absolute Gasteiger partial charge is 0.420 e. The summed E-state index contributed by atoms with van der Waals surface area (Å²) in [6.07, 6.45) is 2.12. The molecule has 6 heteroatoms. The molecule has 1 fully saturated rings. The van der Waals surface area contributed by atoms with Gasteiger partial charge < -0.3 is 9.73 Å². The lowest BCUT2D eigenvalue weighted by molar-refractivity contribution is -0.120. The van der Waals surface area contributed by atoms with Gasteiger partial charge in [-0.05, 0) is 31.0 Å². The first kappa shape index (κ1) is 11.8. The third-order valence-electron chi connectivity index (χ3n) is 2.79. The van der Waals surface area contributed by atoms with Gasteiger partial charge in [-0.2, -0.15) is 0 Å². The van der Waals surface area contributed by atoms with Crippen molar-refractivity contribution < 1.29 is 13.6 Å². The zero-order chi connectivity index (χ0) is 13.2. The minimum absolute atomic E-state index is 0.0544. The van der Waals surface area contributed by atoms with Gasteiger partial charge in [-0.25, -0.2) is 4.39 Å². The van der Waals surface area contributed by atoms with Crippen molar-refractivity contribution in [3.63, 3.8) is 0 Å². The SMILES string of the molecule is O=C(Cc1nnc(-c2cccc(F)c2)o1)NC1CC1. The van der Waals surface area contributed by atoms with Gasteiger partial charge in [0.05, 0.1) is 0 Å². The molecule has 0 saturated heterocycles. The molecule has 5 nitrogen and oxygen atoms in total. The Kier molecular flexibility index (Phi) is 2.98. The lowest BCUT2D eigenvalue weighted by atomic mass is 10.2. The molecule has 1 heterocycles. The van der Waals surface area contributed by atoms with Crippen LogP contribution in [0.25, 0.3) is 11.5 Å². The van der Waals surface area contributed by atoms with E-state index in [9.17, 15) is 9.18 Å². The van der Waals surface area contributed by atoms with Crippen LogP contribution in [0.2, 0.25) is 0 Å². The van der Waals surface area contributed by atoms with Crippen molar-refractivity contribution in [3.8, 4) is 11.5 Å². The summed E-state index contributed by atoms with van der Waals surface area (Å²) in [7, 11) is 0. The summed E-state index contributed by atoms with van der Waals surface area (Å²) in [5.74, 6) is -0.0493. The summed E-state index contributed by atoms with van der Waals surface area (Å²) in [5, 5.41) is 10.4. The topological polar surface area (TPSA) is 68.0 Å². The first-order valence-electron chi connectivity index (χ1n) is 6.08. The van der Waals surface area contributed by atoms with Crippen molar-refractivity contribution in [1.29, 1.82) is 0 Å². The number of nitrogens with zero attached hydrogens (tertiary/aromatic N) is 2. The number of nitrogens with one attached hydrogen (secondary N) is 1. The molecule has 1 amide bonds. The predicted molar refractivity (Wildman–Crippen MR) is 64.6 cm³/mol. The van der Waals surface area contributed by atoms with Crippen molar-refractivity contribution in [2.24, 2.45) is 0 Å². The summed E-state index contributed by atoms with van der Waals surface area (Å²) < 4.78 is 18.4. The minimum atomic E-state index is -0.372. The Bertz CT molecular complexity index is 607. The van der Waals surface area contributed by atoms with Crippen LogP contribution in [0.3, 0.4) is 0 Å². The van der Waals surface area contributed by atoms with Crippen molar-refractivity contribution in [1.82, 2.24) is 15.5 Å². The Hall–Kier alpha value is -2.24. The Morgan fingerprint density at radius 2 is 2.26 bits per heavy atom. The molecule has 98 valence electrons. The van der Waals surface area contributed by atoms with Crippen LogP contribution in [0.4, 0.5) is 4.39 Å². The van der Waals surface area contributed by atoms with Crippen LogP contribution in [0.15, 0.2) is 28.7 Å². The maximum atomic E-state index is 13.1. The van der Waals surface area contributed by atoms with Gasteiger partial charge in [-0.1, -0.05) is 6.07 Å². The second-order valence-electron chi connectivity index (χ2n) is 4.53. The van der Waals surface area contributed by atoms with E-state index >= 15 is 0 Å². The van der Waals surface area contributed by atoms with Crippen LogP contribution in [-0.2, 0) is 11.2 Å². The molecular weight excluding hydrogens is 249 g/mol. The second-order valence-corrected chi connectivity index (χ2v) is 4.53. The van der Waals surface area contributed by atoms with Crippen molar-refractivity contribution >= 4 is 5.91 Å². The summed E-state index contributed by atoms with van der Waals surface area (Å²) >= 11 is 0. The second kappa shape index (κ2) is 4.79. The molecule has 1 aliphatic rings. The van der Waals surface area contributed by atoms with Crippen molar-refractivity contribution in [3.05, 3.63) is 36.0 Å². The summed E-state index contributed by atoms with van der Waals surface area (Å²) in [4.78, 5) is 11.6. The Labute approximate surface area is 108 Å². The molecule has 1 N–H and O–H groups in total. The number of hydrogen-bond acceptors (Lipinski definition) is 4. The van der Waals surface area contributed by atoms with Gasteiger partial charge in [0, 0.05) is 11.6 Å². The maximum absolute atomic E-state index is 13.1. The Balaban J connectivity index is 1.70. The van der Waals surface area contributed by atoms with Crippen LogP contribution in [0.1, 0.15) is 18.7 Å². The van der Waals surface area contributed by atoms with E-state index in [0.717, 1.165) is 12.8 Å². The van der Waals surface area contributed by atoms with Gasteiger partial charge in [0.15, 0.2) is 0 Å². The van der Waals surface area contributed by atoms with E-state index in [1.165, 1.54) is 12.1 Å².